The zero-order valence-corrected chi connectivity index (χ0v) is 18.1. The zero-order chi connectivity index (χ0) is 16.8. The third-order valence-electron chi connectivity index (χ3n) is 2.29. The van der Waals surface area contributed by atoms with Crippen molar-refractivity contribution in [1.82, 2.24) is 4.90 Å². The molecule has 1 rings (SSSR count). The van der Waals surface area contributed by atoms with E-state index in [-0.39, 0.29) is 38.6 Å². The molecule has 0 aromatic rings. The van der Waals surface area contributed by atoms with Crippen LogP contribution < -0.4 is 0 Å². The number of hydrogen-bond acceptors (Lipinski definition) is 3. The fourth-order valence-corrected chi connectivity index (χ4v) is 1.49. The fraction of sp³-hybridized carbons (Fsp3) is 0.500. The number of nitrogens with one attached hydrogen (secondary N) is 1. The molecule has 1 aliphatic rings. The van der Waals surface area contributed by atoms with Crippen LogP contribution in [0.15, 0.2) is 42.0 Å². The first-order valence-corrected chi connectivity index (χ1v) is 7.68. The average molecular weight is 380 g/mol. The molecule has 123 valence electrons. The van der Waals surface area contributed by atoms with Crippen molar-refractivity contribution in [3.05, 3.63) is 48.0 Å². The molecule has 1 radical (unpaired) electrons. The van der Waals surface area contributed by atoms with E-state index < -0.39 is 0 Å². The predicted octanol–water partition coefficient (Wildman–Crippen LogP) is 5.44. The molecule has 22 heavy (non-hydrogen) atoms. The Morgan fingerprint density at radius 1 is 1.36 bits per heavy atom. The van der Waals surface area contributed by atoms with Gasteiger partial charge in [-0.1, -0.05) is 54.3 Å². The zero-order valence-electron chi connectivity index (χ0n) is 15.3. The van der Waals surface area contributed by atoms with Crippen LogP contribution in [0.1, 0.15) is 54.9 Å². The summed E-state index contributed by atoms with van der Waals surface area (Å²) in [5.41, 5.74) is 1.90. The van der Waals surface area contributed by atoms with Crippen molar-refractivity contribution in [2.45, 2.75) is 54.9 Å². The Morgan fingerprint density at radius 3 is 2.36 bits per heavy atom. The summed E-state index contributed by atoms with van der Waals surface area (Å²) in [5.74, 6) is 0.971. The maximum Gasteiger partial charge on any atom is 0.206 e. The summed E-state index contributed by atoms with van der Waals surface area (Å²) < 4.78 is 5.36. The first kappa shape index (κ1) is 26.2. The van der Waals surface area contributed by atoms with Crippen molar-refractivity contribution in [2.24, 2.45) is 0 Å². The Kier molecular flexibility index (Phi) is 19.9. The molecule has 0 aromatic carbocycles. The summed E-state index contributed by atoms with van der Waals surface area (Å²) in [6, 6.07) is 0. The molecule has 0 saturated heterocycles. The van der Waals surface area contributed by atoms with Crippen LogP contribution in [0.4, 0.5) is 0 Å². The second-order valence-electron chi connectivity index (χ2n) is 3.97. The van der Waals surface area contributed by atoms with E-state index in [4.69, 9.17) is 10.1 Å². The maximum atomic E-state index is 7.76. The van der Waals surface area contributed by atoms with Crippen LogP contribution in [0.3, 0.4) is 0 Å². The van der Waals surface area contributed by atoms with E-state index in [2.05, 4.69) is 12.7 Å². The molecule has 0 fully saturated rings. The summed E-state index contributed by atoms with van der Waals surface area (Å²) in [6.07, 6.45) is 9.67. The van der Waals surface area contributed by atoms with E-state index in [1.54, 1.807) is 6.20 Å². The molecular formula is C18H31N2OY-. The molecule has 0 saturated carbocycles. The number of rotatable bonds is 4. The Labute approximate surface area is 162 Å². The summed E-state index contributed by atoms with van der Waals surface area (Å²) >= 11 is 0. The summed E-state index contributed by atoms with van der Waals surface area (Å²) in [4.78, 5) is 1.84. The van der Waals surface area contributed by atoms with Crippen LogP contribution in [-0.4, -0.2) is 17.3 Å². The standard InChI is InChI=1S/C14H19N2O.2C2H6.Y/c1-5-6-13(4)17-14(15)10-16-8-7-11(2)9-12(16)3;2*1-2;/h6,8-9,15H,3,5,10H2,1-2,4H3;2*1-2H3;/q-1;;;/b13-6+,15-14?;;;. The normalized spacial score (nSPS) is 12.9. The van der Waals surface area contributed by atoms with Gasteiger partial charge in [-0.3, -0.25) is 5.41 Å². The summed E-state index contributed by atoms with van der Waals surface area (Å²) in [7, 11) is 0. The first-order valence-electron chi connectivity index (χ1n) is 7.68. The van der Waals surface area contributed by atoms with E-state index in [1.807, 2.05) is 65.5 Å². The average Bonchev–Trinajstić information content (AvgIpc) is 2.46. The smallest absolute Gasteiger partial charge is 0.206 e. The molecule has 0 atom stereocenters. The van der Waals surface area contributed by atoms with Gasteiger partial charge in [-0.2, -0.15) is 6.08 Å². The van der Waals surface area contributed by atoms with Gasteiger partial charge < -0.3 is 9.64 Å². The van der Waals surface area contributed by atoms with Crippen molar-refractivity contribution >= 4 is 5.90 Å². The molecule has 0 aromatic heterocycles. The molecule has 4 heteroatoms. The SMILES string of the molecule is C=C1C=C(C)[C-]=CN1CC(=N)O/C(C)=C/CC.CC.CC.[Y]. The topological polar surface area (TPSA) is 36.3 Å². The molecule has 0 aliphatic carbocycles. The van der Waals surface area contributed by atoms with Crippen molar-refractivity contribution < 1.29 is 37.4 Å². The molecule has 1 N–H and O–H groups in total. The van der Waals surface area contributed by atoms with E-state index >= 15 is 0 Å². The molecule has 0 bridgehead atoms. The monoisotopic (exact) mass is 380 g/mol. The Morgan fingerprint density at radius 2 is 1.91 bits per heavy atom. The van der Waals surface area contributed by atoms with Gasteiger partial charge in [-0.05, 0) is 25.1 Å². The fourth-order valence-electron chi connectivity index (χ4n) is 1.49. The van der Waals surface area contributed by atoms with E-state index in [0.717, 1.165) is 23.5 Å². The predicted molar refractivity (Wildman–Crippen MR) is 93.0 cm³/mol. The Hall–Kier alpha value is -0.666. The van der Waals surface area contributed by atoms with Gasteiger partial charge in [0.05, 0.1) is 12.3 Å². The van der Waals surface area contributed by atoms with Gasteiger partial charge in [0.15, 0.2) is 0 Å². The molecule has 0 spiro atoms. The van der Waals surface area contributed by atoms with Gasteiger partial charge in [0.2, 0.25) is 5.90 Å². The van der Waals surface area contributed by atoms with Crippen LogP contribution in [0, 0.1) is 11.5 Å². The molecular weight excluding hydrogens is 349 g/mol. The Bertz CT molecular complexity index is 409. The van der Waals surface area contributed by atoms with Gasteiger partial charge in [0.25, 0.3) is 0 Å². The van der Waals surface area contributed by atoms with E-state index in [9.17, 15) is 0 Å². The minimum atomic E-state index is 0. The second-order valence-corrected chi connectivity index (χ2v) is 3.97. The van der Waals surface area contributed by atoms with Gasteiger partial charge in [0, 0.05) is 32.7 Å². The largest absolute Gasteiger partial charge is 0.447 e. The molecule has 0 amide bonds. The van der Waals surface area contributed by atoms with Crippen molar-refractivity contribution in [2.75, 3.05) is 6.54 Å². The first-order chi connectivity index (χ1) is 10.0. The summed E-state index contributed by atoms with van der Waals surface area (Å²) in [5, 5.41) is 7.76. The quantitative estimate of drug-likeness (QED) is 0.305. The van der Waals surface area contributed by atoms with Gasteiger partial charge in [0.1, 0.15) is 0 Å². The number of nitrogens with zero attached hydrogens (tertiary/aromatic N) is 1. The van der Waals surface area contributed by atoms with E-state index in [0.29, 0.717) is 6.54 Å². The number of hydrogen-bond donors (Lipinski definition) is 1. The van der Waals surface area contributed by atoms with Crippen LogP contribution in [0.25, 0.3) is 0 Å². The molecule has 1 aliphatic heterocycles. The van der Waals surface area contributed by atoms with Gasteiger partial charge in [-0.25, -0.2) is 11.6 Å². The number of allylic oxidation sites excluding steroid dienone is 5. The Balaban J connectivity index is -0.000000665. The van der Waals surface area contributed by atoms with Crippen molar-refractivity contribution in [3.63, 3.8) is 0 Å². The van der Waals surface area contributed by atoms with Crippen LogP contribution in [-0.2, 0) is 37.4 Å². The third kappa shape index (κ3) is 11.9. The van der Waals surface area contributed by atoms with Crippen LogP contribution in [0.2, 0.25) is 0 Å². The van der Waals surface area contributed by atoms with Crippen molar-refractivity contribution in [3.8, 4) is 0 Å². The molecule has 3 nitrogen and oxygen atoms in total. The van der Waals surface area contributed by atoms with Crippen LogP contribution >= 0.6 is 0 Å². The molecule has 1 heterocycles. The summed E-state index contributed by atoms with van der Waals surface area (Å²) in [6.45, 7) is 18.2. The van der Waals surface area contributed by atoms with E-state index in [1.165, 1.54) is 0 Å². The number of ether oxygens (including phenoxy) is 1. The third-order valence-corrected chi connectivity index (χ3v) is 2.29. The van der Waals surface area contributed by atoms with Gasteiger partial charge >= 0.3 is 0 Å². The second kappa shape index (κ2) is 16.7. The maximum absolute atomic E-state index is 7.76. The minimum absolute atomic E-state index is 0. The molecule has 0 unspecified atom stereocenters. The minimum Gasteiger partial charge on any atom is -0.447 e. The van der Waals surface area contributed by atoms with Crippen LogP contribution in [0.5, 0.6) is 0 Å². The van der Waals surface area contributed by atoms with Gasteiger partial charge in [-0.15, -0.1) is 0 Å². The van der Waals surface area contributed by atoms with Crippen molar-refractivity contribution in [1.29, 1.82) is 5.41 Å².